The predicted octanol–water partition coefficient (Wildman–Crippen LogP) is 14.6. The van der Waals surface area contributed by atoms with Gasteiger partial charge in [-0.25, -0.2) is 0 Å². The number of rotatable bonds is 5. The Morgan fingerprint density at radius 3 is 1.00 bits per heavy atom. The number of hydrogen-bond donors (Lipinski definition) is 0. The molecular weight excluding hydrogens is 625 g/mol. The topological polar surface area (TPSA) is 0 Å². The van der Waals surface area contributed by atoms with Crippen molar-refractivity contribution in [1.82, 2.24) is 0 Å². The molecule has 0 heterocycles. The summed E-state index contributed by atoms with van der Waals surface area (Å²) < 4.78 is 0. The second-order valence-corrected chi connectivity index (χ2v) is 13.7. The van der Waals surface area contributed by atoms with Crippen LogP contribution >= 0.6 is 0 Å². The van der Waals surface area contributed by atoms with Crippen LogP contribution in [0.15, 0.2) is 206 Å². The molecule has 0 unspecified atom stereocenters. The summed E-state index contributed by atoms with van der Waals surface area (Å²) >= 11 is 0. The first-order chi connectivity index (χ1) is 25.8. The number of hydrogen-bond acceptors (Lipinski definition) is 0. The molecule has 0 atom stereocenters. The van der Waals surface area contributed by atoms with Gasteiger partial charge in [0.05, 0.1) is 0 Å². The first-order valence-corrected chi connectivity index (χ1v) is 18.0. The molecule has 0 saturated heterocycles. The third-order valence-corrected chi connectivity index (χ3v) is 10.6. The third kappa shape index (κ3) is 5.25. The lowest BCUT2D eigenvalue weighted by molar-refractivity contribution is 1.59. The van der Waals surface area contributed by atoms with E-state index in [2.05, 4.69) is 206 Å². The molecule has 0 aliphatic carbocycles. The van der Waals surface area contributed by atoms with Crippen LogP contribution in [0.2, 0.25) is 0 Å². The maximum absolute atomic E-state index is 2.37. The van der Waals surface area contributed by atoms with Crippen LogP contribution in [0.5, 0.6) is 0 Å². The van der Waals surface area contributed by atoms with E-state index in [1.54, 1.807) is 0 Å². The highest BCUT2D eigenvalue weighted by molar-refractivity contribution is 6.16. The van der Waals surface area contributed by atoms with Gasteiger partial charge in [-0.2, -0.15) is 0 Å². The predicted molar refractivity (Wildman–Crippen MR) is 224 cm³/mol. The number of benzene rings is 10. The molecule has 0 saturated carbocycles. The molecule has 0 aromatic heterocycles. The molecule has 0 aliphatic rings. The Kier molecular flexibility index (Phi) is 7.25. The summed E-state index contributed by atoms with van der Waals surface area (Å²) in [5.74, 6) is 0. The minimum absolute atomic E-state index is 1.20. The highest BCUT2D eigenvalue weighted by atomic mass is 14.2. The van der Waals surface area contributed by atoms with Gasteiger partial charge >= 0.3 is 0 Å². The first-order valence-electron chi connectivity index (χ1n) is 18.0. The fraction of sp³-hybridized carbons (Fsp3) is 0. The monoisotopic (exact) mass is 658 g/mol. The largest absolute Gasteiger partial charge is 0.0622 e. The van der Waals surface area contributed by atoms with Crippen molar-refractivity contribution in [3.63, 3.8) is 0 Å². The van der Waals surface area contributed by atoms with Crippen LogP contribution in [0.25, 0.3) is 98.7 Å². The Bertz CT molecular complexity index is 2730. The Labute approximate surface area is 303 Å². The normalized spacial score (nSPS) is 11.5. The first kappa shape index (κ1) is 30.1. The van der Waals surface area contributed by atoms with Crippen molar-refractivity contribution in [2.24, 2.45) is 0 Å². The molecule has 0 spiro atoms. The van der Waals surface area contributed by atoms with Crippen LogP contribution in [0.3, 0.4) is 0 Å². The van der Waals surface area contributed by atoms with Gasteiger partial charge in [-0.05, 0) is 135 Å². The van der Waals surface area contributed by atoms with Crippen molar-refractivity contribution in [1.29, 1.82) is 0 Å². The molecule has 0 amide bonds. The van der Waals surface area contributed by atoms with Crippen LogP contribution < -0.4 is 0 Å². The lowest BCUT2D eigenvalue weighted by atomic mass is 9.89. The molecule has 0 nitrogen and oxygen atoms in total. The minimum Gasteiger partial charge on any atom is -0.0622 e. The van der Waals surface area contributed by atoms with Crippen molar-refractivity contribution in [2.45, 2.75) is 0 Å². The van der Waals surface area contributed by atoms with Crippen LogP contribution in [-0.4, -0.2) is 0 Å². The van der Waals surface area contributed by atoms with Gasteiger partial charge in [0.15, 0.2) is 0 Å². The zero-order valence-corrected chi connectivity index (χ0v) is 28.6. The fourth-order valence-corrected chi connectivity index (χ4v) is 8.04. The van der Waals surface area contributed by atoms with E-state index >= 15 is 0 Å². The van der Waals surface area contributed by atoms with Crippen molar-refractivity contribution < 1.29 is 0 Å². The highest BCUT2D eigenvalue weighted by Crippen LogP contribution is 2.41. The molecule has 242 valence electrons. The van der Waals surface area contributed by atoms with E-state index in [0.717, 1.165) is 0 Å². The molecule has 0 N–H and O–H groups in total. The molecule has 0 heteroatoms. The van der Waals surface area contributed by atoms with Crippen molar-refractivity contribution in [3.05, 3.63) is 206 Å². The second kappa shape index (κ2) is 12.5. The summed E-state index contributed by atoms with van der Waals surface area (Å²) in [7, 11) is 0. The quantitative estimate of drug-likeness (QED) is 0.161. The fourth-order valence-electron chi connectivity index (χ4n) is 8.04. The molecule has 52 heavy (non-hydrogen) atoms. The molecule has 0 fully saturated rings. The Hall–Kier alpha value is -6.76. The second-order valence-electron chi connectivity index (χ2n) is 13.7. The van der Waals surface area contributed by atoms with Gasteiger partial charge in [0.25, 0.3) is 0 Å². The SMILES string of the molecule is c1ccc(-c2ccc3c(c2)c(-c2cccc(-c4cccc(-c5cc6ccccc6c6ccc(-c7ccccc7)cc56)c4)c2)cc2ccccc23)cc1. The lowest BCUT2D eigenvalue weighted by Crippen LogP contribution is -1.89. The van der Waals surface area contributed by atoms with Gasteiger partial charge in [0, 0.05) is 0 Å². The van der Waals surface area contributed by atoms with E-state index in [4.69, 9.17) is 0 Å². The summed E-state index contributed by atoms with van der Waals surface area (Å²) in [6, 6.07) is 75.6. The summed E-state index contributed by atoms with van der Waals surface area (Å²) in [5.41, 5.74) is 12.2. The molecule has 0 bridgehead atoms. The zero-order valence-electron chi connectivity index (χ0n) is 28.6. The van der Waals surface area contributed by atoms with Gasteiger partial charge in [0.1, 0.15) is 0 Å². The van der Waals surface area contributed by atoms with E-state index < -0.39 is 0 Å². The minimum atomic E-state index is 1.20. The molecule has 0 aliphatic heterocycles. The van der Waals surface area contributed by atoms with Crippen LogP contribution in [0.1, 0.15) is 0 Å². The Morgan fingerprint density at radius 2 is 0.538 bits per heavy atom. The van der Waals surface area contributed by atoms with E-state index in [9.17, 15) is 0 Å². The number of fused-ring (bicyclic) bond motifs is 6. The van der Waals surface area contributed by atoms with E-state index in [1.807, 2.05) is 0 Å². The van der Waals surface area contributed by atoms with E-state index in [0.29, 0.717) is 0 Å². The van der Waals surface area contributed by atoms with E-state index in [1.165, 1.54) is 98.7 Å². The van der Waals surface area contributed by atoms with Crippen LogP contribution in [-0.2, 0) is 0 Å². The van der Waals surface area contributed by atoms with Crippen molar-refractivity contribution in [2.75, 3.05) is 0 Å². The maximum Gasteiger partial charge on any atom is -0.00928 e. The lowest BCUT2D eigenvalue weighted by Gasteiger charge is -2.15. The molecule has 10 aromatic carbocycles. The van der Waals surface area contributed by atoms with Crippen molar-refractivity contribution in [3.8, 4) is 55.6 Å². The summed E-state index contributed by atoms with van der Waals surface area (Å²) in [6.07, 6.45) is 0. The maximum atomic E-state index is 2.37. The average molecular weight is 659 g/mol. The molecule has 0 radical (unpaired) electrons. The Morgan fingerprint density at radius 1 is 0.173 bits per heavy atom. The zero-order chi connectivity index (χ0) is 34.4. The van der Waals surface area contributed by atoms with Gasteiger partial charge in [-0.3, -0.25) is 0 Å². The summed E-state index contributed by atoms with van der Waals surface area (Å²) in [5, 5.41) is 10.2. The summed E-state index contributed by atoms with van der Waals surface area (Å²) in [6.45, 7) is 0. The van der Waals surface area contributed by atoms with Crippen LogP contribution in [0, 0.1) is 0 Å². The van der Waals surface area contributed by atoms with Gasteiger partial charge < -0.3 is 0 Å². The van der Waals surface area contributed by atoms with Crippen LogP contribution in [0.4, 0.5) is 0 Å². The van der Waals surface area contributed by atoms with Gasteiger partial charge in [0.2, 0.25) is 0 Å². The molecule has 10 aromatic rings. The van der Waals surface area contributed by atoms with E-state index in [-0.39, 0.29) is 0 Å². The Balaban J connectivity index is 1.13. The third-order valence-electron chi connectivity index (χ3n) is 10.6. The van der Waals surface area contributed by atoms with Gasteiger partial charge in [-0.15, -0.1) is 0 Å². The smallest absolute Gasteiger partial charge is 0.00928 e. The highest BCUT2D eigenvalue weighted by Gasteiger charge is 2.14. The molecular formula is C52H34. The summed E-state index contributed by atoms with van der Waals surface area (Å²) in [4.78, 5) is 0. The molecule has 10 rings (SSSR count). The average Bonchev–Trinajstić information content (AvgIpc) is 3.23. The van der Waals surface area contributed by atoms with Gasteiger partial charge in [-0.1, -0.05) is 170 Å². The standard InChI is InChI=1S/C52H34/c1-3-13-35(14-4-1)39-25-27-47-45-23-9-7-17-43(45)33-49(51(47)31-39)41-21-11-19-37(29-41)38-20-12-22-42(30-38)50-34-44-18-8-10-24-46(44)48-28-26-40(32-52(48)50)36-15-5-2-6-16-36/h1-34H. The van der Waals surface area contributed by atoms with Crippen molar-refractivity contribution >= 4 is 43.1 Å².